The molecule has 3 aromatic rings. The van der Waals surface area contributed by atoms with E-state index in [-0.39, 0.29) is 6.04 Å². The van der Waals surface area contributed by atoms with Crippen molar-refractivity contribution in [3.8, 4) is 0 Å². The van der Waals surface area contributed by atoms with Crippen LogP contribution in [0.2, 0.25) is 0 Å². The molecule has 0 N–H and O–H groups in total. The zero-order valence-corrected chi connectivity index (χ0v) is 17.3. The average molecular weight is 387 g/mol. The average Bonchev–Trinajstić information content (AvgIpc) is 3.18. The van der Waals surface area contributed by atoms with Crippen LogP contribution in [0.15, 0.2) is 89.9 Å². The van der Waals surface area contributed by atoms with Gasteiger partial charge in [-0.3, -0.25) is 0 Å². The highest BCUT2D eigenvalue weighted by Gasteiger charge is 2.26. The molecule has 2 nitrogen and oxygen atoms in total. The lowest BCUT2D eigenvalue weighted by Crippen LogP contribution is -2.25. The van der Waals surface area contributed by atoms with Crippen LogP contribution in [0.5, 0.6) is 0 Å². The molecule has 3 heteroatoms. The van der Waals surface area contributed by atoms with E-state index in [1.165, 1.54) is 15.9 Å². The van der Waals surface area contributed by atoms with Crippen molar-refractivity contribution >= 4 is 29.7 Å². The Kier molecular flexibility index (Phi) is 5.88. The Balaban J connectivity index is 1.79. The lowest BCUT2D eigenvalue weighted by atomic mass is 10.1. The highest BCUT2D eigenvalue weighted by molar-refractivity contribution is 7.80. The fraction of sp³-hybridized carbons (Fsp3) is 0.240. The zero-order valence-electron chi connectivity index (χ0n) is 16.5. The van der Waals surface area contributed by atoms with Gasteiger partial charge in [-0.1, -0.05) is 92.7 Å². The Hall–Kier alpha value is -2.44. The number of rotatable bonds is 6. The smallest absolute Gasteiger partial charge is 0.217 e. The summed E-state index contributed by atoms with van der Waals surface area (Å²) in [7, 11) is -0.675. The summed E-state index contributed by atoms with van der Waals surface area (Å²) < 4.78 is 6.08. The van der Waals surface area contributed by atoms with E-state index in [9.17, 15) is 0 Å². The van der Waals surface area contributed by atoms with Crippen LogP contribution in [0.4, 0.5) is 0 Å². The molecule has 4 rings (SSSR count). The highest BCUT2D eigenvalue weighted by atomic mass is 31.1. The van der Waals surface area contributed by atoms with Gasteiger partial charge in [0.2, 0.25) is 5.90 Å². The van der Waals surface area contributed by atoms with Gasteiger partial charge in [-0.25, -0.2) is 4.99 Å². The first kappa shape index (κ1) is 18.9. The van der Waals surface area contributed by atoms with Gasteiger partial charge in [0.05, 0.1) is 6.04 Å². The summed E-state index contributed by atoms with van der Waals surface area (Å²) >= 11 is 0. The molecule has 1 atom stereocenters. The van der Waals surface area contributed by atoms with Gasteiger partial charge in [-0.05, 0) is 42.2 Å². The van der Waals surface area contributed by atoms with E-state index >= 15 is 0 Å². The molecule has 0 aromatic heterocycles. The minimum Gasteiger partial charge on any atom is -0.475 e. The van der Waals surface area contributed by atoms with Gasteiger partial charge in [0.15, 0.2) is 0 Å². The third-order valence-corrected chi connectivity index (χ3v) is 7.36. The third kappa shape index (κ3) is 4.18. The second kappa shape index (κ2) is 8.71. The summed E-state index contributed by atoms with van der Waals surface area (Å²) in [5.41, 5.74) is 1.13. The maximum absolute atomic E-state index is 6.08. The fourth-order valence-corrected chi connectivity index (χ4v) is 6.10. The Bertz CT molecular complexity index is 898. The van der Waals surface area contributed by atoms with Crippen LogP contribution in [0.25, 0.3) is 0 Å². The highest BCUT2D eigenvalue weighted by Crippen LogP contribution is 2.34. The number of hydrogen-bond acceptors (Lipinski definition) is 2. The number of hydrogen-bond donors (Lipinski definition) is 0. The largest absolute Gasteiger partial charge is 0.475 e. The van der Waals surface area contributed by atoms with E-state index in [0.717, 1.165) is 17.9 Å². The quantitative estimate of drug-likeness (QED) is 0.565. The number of ether oxygens (including phenoxy) is 1. The summed E-state index contributed by atoms with van der Waals surface area (Å²) in [5, 5.41) is 3.99. The van der Waals surface area contributed by atoms with Crippen molar-refractivity contribution < 1.29 is 4.74 Å². The predicted molar refractivity (Wildman–Crippen MR) is 121 cm³/mol. The first-order valence-corrected chi connectivity index (χ1v) is 11.3. The van der Waals surface area contributed by atoms with Gasteiger partial charge >= 0.3 is 0 Å². The maximum Gasteiger partial charge on any atom is 0.217 e. The maximum atomic E-state index is 6.08. The Morgan fingerprint density at radius 2 is 1.43 bits per heavy atom. The first-order valence-electron chi connectivity index (χ1n) is 9.92. The van der Waals surface area contributed by atoms with Gasteiger partial charge in [-0.2, -0.15) is 0 Å². The van der Waals surface area contributed by atoms with Gasteiger partial charge < -0.3 is 4.74 Å². The van der Waals surface area contributed by atoms with Crippen molar-refractivity contribution in [3.05, 3.63) is 90.5 Å². The SMILES string of the molecule is CC(C)C[C@H]1COC(c2ccccc2P(c2ccccc2)c2ccccc2)=N1. The van der Waals surface area contributed by atoms with E-state index in [0.29, 0.717) is 12.5 Å². The van der Waals surface area contributed by atoms with Gasteiger partial charge in [0.25, 0.3) is 0 Å². The molecular formula is C25H26NOP. The van der Waals surface area contributed by atoms with Crippen LogP contribution in [0.1, 0.15) is 25.8 Å². The molecule has 0 radical (unpaired) electrons. The van der Waals surface area contributed by atoms with E-state index in [1.807, 2.05) is 0 Å². The van der Waals surface area contributed by atoms with Crippen LogP contribution in [-0.2, 0) is 4.74 Å². The molecule has 0 aliphatic carbocycles. The summed E-state index contributed by atoms with van der Waals surface area (Å²) in [4.78, 5) is 4.93. The van der Waals surface area contributed by atoms with Gasteiger partial charge in [0, 0.05) is 5.56 Å². The molecule has 0 bridgehead atoms. The standard InChI is InChI=1S/C25H26NOP/c1-19(2)17-20-18-27-25(26-20)23-15-9-10-16-24(23)28(21-11-5-3-6-12-21)22-13-7-4-8-14-22/h3-16,19-20H,17-18H2,1-2H3/t20-/m0/s1. The Labute approximate surface area is 169 Å². The Morgan fingerprint density at radius 3 is 2.04 bits per heavy atom. The monoisotopic (exact) mass is 387 g/mol. The van der Waals surface area contributed by atoms with Crippen LogP contribution in [0, 0.1) is 5.92 Å². The predicted octanol–water partition coefficient (Wildman–Crippen LogP) is 4.64. The van der Waals surface area contributed by atoms with Crippen molar-refractivity contribution in [1.29, 1.82) is 0 Å². The molecule has 142 valence electrons. The van der Waals surface area contributed by atoms with Crippen molar-refractivity contribution in [1.82, 2.24) is 0 Å². The van der Waals surface area contributed by atoms with Crippen molar-refractivity contribution in [2.75, 3.05) is 6.61 Å². The summed E-state index contributed by atoms with van der Waals surface area (Å²) in [6.45, 7) is 5.17. The molecule has 0 fully saturated rings. The van der Waals surface area contributed by atoms with E-state index in [1.54, 1.807) is 0 Å². The lowest BCUT2D eigenvalue weighted by Gasteiger charge is -2.22. The summed E-state index contributed by atoms with van der Waals surface area (Å²) in [6.07, 6.45) is 1.07. The minimum absolute atomic E-state index is 0.266. The van der Waals surface area contributed by atoms with Crippen LogP contribution < -0.4 is 15.9 Å². The molecule has 0 saturated carbocycles. The van der Waals surface area contributed by atoms with Gasteiger partial charge in [0.1, 0.15) is 6.61 Å². The zero-order chi connectivity index (χ0) is 19.3. The minimum atomic E-state index is -0.675. The van der Waals surface area contributed by atoms with Crippen molar-refractivity contribution in [3.63, 3.8) is 0 Å². The lowest BCUT2D eigenvalue weighted by molar-refractivity contribution is 0.301. The van der Waals surface area contributed by atoms with Crippen LogP contribution in [0.3, 0.4) is 0 Å². The van der Waals surface area contributed by atoms with E-state index < -0.39 is 7.92 Å². The molecule has 0 unspecified atom stereocenters. The van der Waals surface area contributed by atoms with E-state index in [4.69, 9.17) is 9.73 Å². The van der Waals surface area contributed by atoms with Crippen LogP contribution in [-0.4, -0.2) is 18.5 Å². The molecule has 0 spiro atoms. The molecule has 0 saturated heterocycles. The topological polar surface area (TPSA) is 21.6 Å². The molecule has 28 heavy (non-hydrogen) atoms. The molecular weight excluding hydrogens is 361 g/mol. The van der Waals surface area contributed by atoms with Crippen molar-refractivity contribution in [2.24, 2.45) is 10.9 Å². The summed E-state index contributed by atoms with van der Waals surface area (Å²) in [6, 6.07) is 30.5. The molecule has 1 heterocycles. The second-order valence-corrected chi connectivity index (χ2v) is 9.74. The Morgan fingerprint density at radius 1 is 0.857 bits per heavy atom. The number of nitrogens with zero attached hydrogens (tertiary/aromatic N) is 1. The molecule has 1 aliphatic rings. The molecule has 3 aromatic carbocycles. The molecule has 0 amide bonds. The fourth-order valence-electron chi connectivity index (χ4n) is 3.66. The van der Waals surface area contributed by atoms with E-state index in [2.05, 4.69) is 98.8 Å². The molecule has 1 aliphatic heterocycles. The van der Waals surface area contributed by atoms with Crippen molar-refractivity contribution in [2.45, 2.75) is 26.3 Å². The number of aliphatic imine (C=N–C) groups is 1. The second-order valence-electron chi connectivity index (χ2n) is 7.55. The third-order valence-electron chi connectivity index (χ3n) is 4.86. The summed E-state index contributed by atoms with van der Waals surface area (Å²) in [5.74, 6) is 1.43. The van der Waals surface area contributed by atoms with Gasteiger partial charge in [-0.15, -0.1) is 0 Å². The normalized spacial score (nSPS) is 16.3. The van der Waals surface area contributed by atoms with Crippen LogP contribution >= 0.6 is 7.92 Å². The number of benzene rings is 3. The first-order chi connectivity index (χ1) is 13.7.